The summed E-state index contributed by atoms with van der Waals surface area (Å²) in [6.45, 7) is 2.65. The molecule has 27 heavy (non-hydrogen) atoms. The largest absolute Gasteiger partial charge is 0.497 e. The van der Waals surface area contributed by atoms with Crippen molar-refractivity contribution in [1.82, 2.24) is 9.78 Å². The van der Waals surface area contributed by atoms with Crippen LogP contribution in [0.2, 0.25) is 0 Å². The molecular formula is C21H23N3O3. The Labute approximate surface area is 158 Å². The van der Waals surface area contributed by atoms with E-state index in [0.717, 1.165) is 11.3 Å². The average molecular weight is 365 g/mol. The van der Waals surface area contributed by atoms with E-state index in [9.17, 15) is 4.79 Å². The van der Waals surface area contributed by atoms with Gasteiger partial charge in [0.2, 0.25) is 0 Å². The number of methoxy groups -OCH3 is 2. The summed E-state index contributed by atoms with van der Waals surface area (Å²) in [6.07, 6.45) is 2.32. The van der Waals surface area contributed by atoms with E-state index in [1.807, 2.05) is 41.9 Å². The minimum absolute atomic E-state index is 0.213. The number of aromatic nitrogens is 2. The highest BCUT2D eigenvalue weighted by atomic mass is 16.5. The van der Waals surface area contributed by atoms with Crippen LogP contribution in [0.1, 0.15) is 28.5 Å². The Kier molecular flexibility index (Phi) is 5.76. The quantitative estimate of drug-likeness (QED) is 0.692. The molecule has 0 saturated heterocycles. The van der Waals surface area contributed by atoms with Crippen molar-refractivity contribution in [3.63, 3.8) is 0 Å². The molecule has 3 aromatic rings. The van der Waals surface area contributed by atoms with Gasteiger partial charge in [-0.25, -0.2) is 0 Å². The fourth-order valence-corrected chi connectivity index (χ4v) is 2.96. The average Bonchev–Trinajstić information content (AvgIpc) is 3.11. The Bertz CT molecular complexity index is 920. The molecule has 2 aromatic carbocycles. The molecule has 1 aromatic heterocycles. The standard InChI is InChI=1S/C21H23N3O3/c1-4-19-17(13-22-24(19)14-15-8-6-5-7-9-15)21(25)23-18-11-10-16(26-2)12-20(18)27-3/h5-13H,4,14H2,1-3H3,(H,23,25). The maximum Gasteiger partial charge on any atom is 0.259 e. The van der Waals surface area contributed by atoms with Crippen molar-refractivity contribution in [2.75, 3.05) is 19.5 Å². The predicted octanol–water partition coefficient (Wildman–Crippen LogP) is 3.76. The predicted molar refractivity (Wildman–Crippen MR) is 105 cm³/mol. The Hall–Kier alpha value is -3.28. The molecule has 1 N–H and O–H groups in total. The minimum Gasteiger partial charge on any atom is -0.497 e. The van der Waals surface area contributed by atoms with Gasteiger partial charge in [-0.15, -0.1) is 0 Å². The number of ether oxygens (including phenoxy) is 2. The number of carbonyl (C=O) groups excluding carboxylic acids is 1. The molecule has 0 bridgehead atoms. The third-order valence-corrected chi connectivity index (χ3v) is 4.36. The zero-order valence-corrected chi connectivity index (χ0v) is 15.7. The van der Waals surface area contributed by atoms with Gasteiger partial charge in [0.1, 0.15) is 11.5 Å². The highest BCUT2D eigenvalue weighted by Gasteiger charge is 2.18. The zero-order chi connectivity index (χ0) is 19.2. The lowest BCUT2D eigenvalue weighted by Crippen LogP contribution is -2.15. The number of nitrogens with one attached hydrogen (secondary N) is 1. The summed E-state index contributed by atoms with van der Waals surface area (Å²) in [4.78, 5) is 12.8. The summed E-state index contributed by atoms with van der Waals surface area (Å²) in [5.74, 6) is 0.988. The number of hydrogen-bond acceptors (Lipinski definition) is 4. The van der Waals surface area contributed by atoms with Crippen molar-refractivity contribution >= 4 is 11.6 Å². The molecule has 0 saturated carbocycles. The molecule has 1 heterocycles. The van der Waals surface area contributed by atoms with Gasteiger partial charge in [-0.1, -0.05) is 37.3 Å². The molecular weight excluding hydrogens is 342 g/mol. The van der Waals surface area contributed by atoms with Crippen LogP contribution in [-0.4, -0.2) is 29.9 Å². The highest BCUT2D eigenvalue weighted by molar-refractivity contribution is 6.05. The number of rotatable bonds is 7. The molecule has 3 rings (SSSR count). The first-order chi connectivity index (χ1) is 13.2. The van der Waals surface area contributed by atoms with E-state index in [1.165, 1.54) is 0 Å². The molecule has 0 unspecified atom stereocenters. The molecule has 0 radical (unpaired) electrons. The highest BCUT2D eigenvalue weighted by Crippen LogP contribution is 2.29. The van der Waals surface area contributed by atoms with Crippen LogP contribution in [0, 0.1) is 0 Å². The van der Waals surface area contributed by atoms with E-state index < -0.39 is 0 Å². The molecule has 0 atom stereocenters. The van der Waals surface area contributed by atoms with Crippen LogP contribution in [0.15, 0.2) is 54.7 Å². The lowest BCUT2D eigenvalue weighted by atomic mass is 10.1. The first-order valence-electron chi connectivity index (χ1n) is 8.78. The van der Waals surface area contributed by atoms with Gasteiger partial charge >= 0.3 is 0 Å². The van der Waals surface area contributed by atoms with Crippen molar-refractivity contribution in [2.24, 2.45) is 0 Å². The van der Waals surface area contributed by atoms with Crippen LogP contribution in [0.3, 0.4) is 0 Å². The Morgan fingerprint density at radius 3 is 2.56 bits per heavy atom. The lowest BCUT2D eigenvalue weighted by molar-refractivity contribution is 0.102. The van der Waals surface area contributed by atoms with Gasteiger partial charge in [0.05, 0.1) is 43.9 Å². The number of benzene rings is 2. The summed E-state index contributed by atoms with van der Waals surface area (Å²) < 4.78 is 12.4. The maximum absolute atomic E-state index is 12.8. The zero-order valence-electron chi connectivity index (χ0n) is 15.7. The fourth-order valence-electron chi connectivity index (χ4n) is 2.96. The van der Waals surface area contributed by atoms with E-state index in [-0.39, 0.29) is 5.91 Å². The van der Waals surface area contributed by atoms with Crippen molar-refractivity contribution in [3.8, 4) is 11.5 Å². The van der Waals surface area contributed by atoms with Gasteiger partial charge in [0.15, 0.2) is 0 Å². The first-order valence-corrected chi connectivity index (χ1v) is 8.78. The van der Waals surface area contributed by atoms with Crippen LogP contribution in [0.4, 0.5) is 5.69 Å². The topological polar surface area (TPSA) is 65.4 Å². The maximum atomic E-state index is 12.8. The van der Waals surface area contributed by atoms with Gasteiger partial charge in [0.25, 0.3) is 5.91 Å². The second-order valence-electron chi connectivity index (χ2n) is 6.02. The molecule has 140 valence electrons. The second kappa shape index (κ2) is 8.40. The van der Waals surface area contributed by atoms with Gasteiger partial charge < -0.3 is 14.8 Å². The Morgan fingerprint density at radius 2 is 1.89 bits per heavy atom. The van der Waals surface area contributed by atoms with Crippen LogP contribution >= 0.6 is 0 Å². The van der Waals surface area contributed by atoms with Crippen molar-refractivity contribution in [2.45, 2.75) is 19.9 Å². The minimum atomic E-state index is -0.213. The molecule has 1 amide bonds. The summed E-state index contributed by atoms with van der Waals surface area (Å²) >= 11 is 0. The third kappa shape index (κ3) is 4.11. The number of anilines is 1. The Morgan fingerprint density at radius 1 is 1.11 bits per heavy atom. The van der Waals surface area contributed by atoms with Crippen LogP contribution in [-0.2, 0) is 13.0 Å². The molecule has 0 spiro atoms. The van der Waals surface area contributed by atoms with Gasteiger partial charge in [0, 0.05) is 6.07 Å². The number of nitrogens with zero attached hydrogens (tertiary/aromatic N) is 2. The van der Waals surface area contributed by atoms with E-state index in [1.54, 1.807) is 38.6 Å². The molecule has 0 fully saturated rings. The van der Waals surface area contributed by atoms with Gasteiger partial charge in [-0.05, 0) is 24.1 Å². The van der Waals surface area contributed by atoms with E-state index in [2.05, 4.69) is 10.4 Å². The smallest absolute Gasteiger partial charge is 0.259 e. The normalized spacial score (nSPS) is 10.5. The van der Waals surface area contributed by atoms with Crippen LogP contribution in [0.5, 0.6) is 11.5 Å². The van der Waals surface area contributed by atoms with Crippen LogP contribution in [0.25, 0.3) is 0 Å². The first kappa shape index (κ1) is 18.5. The fraction of sp³-hybridized carbons (Fsp3) is 0.238. The molecule has 0 aliphatic heterocycles. The monoisotopic (exact) mass is 365 g/mol. The summed E-state index contributed by atoms with van der Waals surface area (Å²) in [5.41, 5.74) is 3.18. The molecule has 6 heteroatoms. The van der Waals surface area contributed by atoms with E-state index >= 15 is 0 Å². The summed E-state index contributed by atoms with van der Waals surface area (Å²) in [6, 6.07) is 15.3. The number of hydrogen-bond donors (Lipinski definition) is 1. The van der Waals surface area contributed by atoms with E-state index in [0.29, 0.717) is 35.7 Å². The van der Waals surface area contributed by atoms with Crippen molar-refractivity contribution < 1.29 is 14.3 Å². The summed E-state index contributed by atoms with van der Waals surface area (Å²) in [5, 5.41) is 7.33. The molecule has 0 aliphatic rings. The lowest BCUT2D eigenvalue weighted by Gasteiger charge is -2.12. The van der Waals surface area contributed by atoms with Gasteiger partial charge in [-0.2, -0.15) is 5.10 Å². The number of carbonyl (C=O) groups is 1. The van der Waals surface area contributed by atoms with E-state index in [4.69, 9.17) is 9.47 Å². The van der Waals surface area contributed by atoms with Crippen molar-refractivity contribution in [3.05, 3.63) is 71.5 Å². The van der Waals surface area contributed by atoms with Crippen molar-refractivity contribution in [1.29, 1.82) is 0 Å². The molecule has 0 aliphatic carbocycles. The summed E-state index contributed by atoms with van der Waals surface area (Å²) in [7, 11) is 3.14. The molecule has 6 nitrogen and oxygen atoms in total. The number of amides is 1. The van der Waals surface area contributed by atoms with Gasteiger partial charge in [-0.3, -0.25) is 9.48 Å². The third-order valence-electron chi connectivity index (χ3n) is 4.36. The van der Waals surface area contributed by atoms with Crippen LogP contribution < -0.4 is 14.8 Å². The SMILES string of the molecule is CCc1c(C(=O)Nc2ccc(OC)cc2OC)cnn1Cc1ccccc1. The second-order valence-corrected chi connectivity index (χ2v) is 6.02. The Balaban J connectivity index is 1.83.